The van der Waals surface area contributed by atoms with E-state index in [1.807, 2.05) is 31.2 Å². The number of nitrogens with zero attached hydrogens (tertiary/aromatic N) is 3. The minimum absolute atomic E-state index is 0.276. The first kappa shape index (κ1) is 9.77. The van der Waals surface area contributed by atoms with Gasteiger partial charge in [-0.25, -0.2) is 15.0 Å². The zero-order valence-corrected chi connectivity index (χ0v) is 9.21. The van der Waals surface area contributed by atoms with Crippen LogP contribution in [0, 0.1) is 6.92 Å². The number of anilines is 1. The summed E-state index contributed by atoms with van der Waals surface area (Å²) >= 11 is 0. The number of hydrogen-bond donors (Lipinski definition) is 1. The van der Waals surface area contributed by atoms with Gasteiger partial charge in [-0.1, -0.05) is 6.07 Å². The highest BCUT2D eigenvalue weighted by Crippen LogP contribution is 2.23. The second-order valence-electron chi connectivity index (χ2n) is 3.79. The molecule has 2 aromatic heterocycles. The molecule has 3 aromatic rings. The Bertz CT molecular complexity index is 670. The molecule has 2 heterocycles. The molecule has 0 atom stereocenters. The Morgan fingerprint density at radius 2 is 2.06 bits per heavy atom. The molecule has 0 amide bonds. The van der Waals surface area contributed by atoms with E-state index in [0.717, 1.165) is 28.1 Å². The lowest BCUT2D eigenvalue weighted by Crippen LogP contribution is -1.98. The molecule has 2 N–H and O–H groups in total. The maximum Gasteiger partial charge on any atom is 0.220 e. The molecule has 0 bridgehead atoms. The molecule has 5 nitrogen and oxygen atoms in total. The van der Waals surface area contributed by atoms with Crippen LogP contribution in [-0.2, 0) is 0 Å². The van der Waals surface area contributed by atoms with Gasteiger partial charge in [0.15, 0.2) is 12.0 Å². The normalized spacial score (nSPS) is 10.9. The smallest absolute Gasteiger partial charge is 0.220 e. The van der Waals surface area contributed by atoms with E-state index in [1.165, 1.54) is 6.39 Å². The van der Waals surface area contributed by atoms with Crippen LogP contribution in [0.2, 0.25) is 0 Å². The summed E-state index contributed by atoms with van der Waals surface area (Å²) in [4.78, 5) is 12.3. The van der Waals surface area contributed by atoms with Gasteiger partial charge in [0.05, 0.1) is 5.69 Å². The summed E-state index contributed by atoms with van der Waals surface area (Å²) in [5.74, 6) is 0.276. The number of aryl methyl sites for hydroxylation is 1. The molecule has 1 aromatic carbocycles. The highest BCUT2D eigenvalue weighted by Gasteiger charge is 2.05. The van der Waals surface area contributed by atoms with E-state index in [2.05, 4.69) is 15.0 Å². The quantitative estimate of drug-likeness (QED) is 0.688. The number of nitrogen functional groups attached to an aromatic ring is 1. The number of nitrogens with two attached hydrogens (primary N) is 1. The molecular formula is C12H10N4O. The van der Waals surface area contributed by atoms with Crippen molar-refractivity contribution in [2.45, 2.75) is 6.92 Å². The average Bonchev–Trinajstić information content (AvgIpc) is 2.74. The van der Waals surface area contributed by atoms with Crippen molar-refractivity contribution in [3.8, 4) is 11.3 Å². The topological polar surface area (TPSA) is 77.8 Å². The van der Waals surface area contributed by atoms with Crippen molar-refractivity contribution in [3.63, 3.8) is 0 Å². The summed E-state index contributed by atoms with van der Waals surface area (Å²) in [5.41, 5.74) is 9.75. The van der Waals surface area contributed by atoms with Gasteiger partial charge in [-0.05, 0) is 25.1 Å². The summed E-state index contributed by atoms with van der Waals surface area (Å²) in [5, 5.41) is 0. The second-order valence-corrected chi connectivity index (χ2v) is 3.79. The summed E-state index contributed by atoms with van der Waals surface area (Å²) in [6.07, 6.45) is 1.42. The van der Waals surface area contributed by atoms with E-state index in [0.29, 0.717) is 0 Å². The Kier molecular flexibility index (Phi) is 2.04. The second kappa shape index (κ2) is 3.55. The third-order valence-electron chi connectivity index (χ3n) is 2.50. The van der Waals surface area contributed by atoms with Crippen molar-refractivity contribution in [2.75, 3.05) is 5.73 Å². The number of benzene rings is 1. The number of rotatable bonds is 1. The molecule has 0 spiro atoms. The third kappa shape index (κ3) is 1.71. The fourth-order valence-electron chi connectivity index (χ4n) is 1.75. The molecule has 0 aliphatic carbocycles. The first-order valence-electron chi connectivity index (χ1n) is 5.17. The third-order valence-corrected chi connectivity index (χ3v) is 2.50. The van der Waals surface area contributed by atoms with Gasteiger partial charge >= 0.3 is 0 Å². The van der Waals surface area contributed by atoms with E-state index in [1.54, 1.807) is 0 Å². The van der Waals surface area contributed by atoms with E-state index in [-0.39, 0.29) is 5.95 Å². The standard InChI is InChI=1S/C12H10N4O/c1-7-4-10(16-12(13)15-7)8-2-3-9-11(5-8)17-6-14-9/h2-6H,1H3,(H2,13,15,16). The van der Waals surface area contributed by atoms with Gasteiger partial charge in [-0.2, -0.15) is 0 Å². The minimum Gasteiger partial charge on any atom is -0.443 e. The molecular weight excluding hydrogens is 216 g/mol. The highest BCUT2D eigenvalue weighted by molar-refractivity contribution is 5.79. The molecule has 84 valence electrons. The predicted molar refractivity (Wildman–Crippen MR) is 64.2 cm³/mol. The maximum atomic E-state index is 5.63. The number of aromatic nitrogens is 3. The van der Waals surface area contributed by atoms with Crippen LogP contribution in [0.1, 0.15) is 5.69 Å². The zero-order valence-electron chi connectivity index (χ0n) is 9.21. The van der Waals surface area contributed by atoms with Crippen LogP contribution in [-0.4, -0.2) is 15.0 Å². The molecule has 0 aliphatic heterocycles. The Morgan fingerprint density at radius 1 is 1.18 bits per heavy atom. The van der Waals surface area contributed by atoms with Gasteiger partial charge in [0.2, 0.25) is 5.95 Å². The zero-order chi connectivity index (χ0) is 11.8. The Morgan fingerprint density at radius 3 is 2.88 bits per heavy atom. The summed E-state index contributed by atoms with van der Waals surface area (Å²) < 4.78 is 5.25. The molecule has 0 aliphatic rings. The van der Waals surface area contributed by atoms with E-state index >= 15 is 0 Å². The van der Waals surface area contributed by atoms with Gasteiger partial charge in [-0.15, -0.1) is 0 Å². The van der Waals surface area contributed by atoms with Crippen molar-refractivity contribution < 1.29 is 4.42 Å². The SMILES string of the molecule is Cc1cc(-c2ccc3ncoc3c2)nc(N)n1. The molecule has 0 saturated heterocycles. The van der Waals surface area contributed by atoms with Crippen LogP contribution in [0.15, 0.2) is 35.1 Å². The largest absolute Gasteiger partial charge is 0.443 e. The minimum atomic E-state index is 0.276. The summed E-state index contributed by atoms with van der Waals surface area (Å²) in [6.45, 7) is 1.88. The highest BCUT2D eigenvalue weighted by atomic mass is 16.3. The fourth-order valence-corrected chi connectivity index (χ4v) is 1.75. The Balaban J connectivity index is 2.19. The van der Waals surface area contributed by atoms with Crippen LogP contribution in [0.25, 0.3) is 22.4 Å². The lowest BCUT2D eigenvalue weighted by atomic mass is 10.1. The first-order chi connectivity index (χ1) is 8.22. The fraction of sp³-hybridized carbons (Fsp3) is 0.0833. The van der Waals surface area contributed by atoms with Crippen LogP contribution in [0.5, 0.6) is 0 Å². The number of hydrogen-bond acceptors (Lipinski definition) is 5. The monoisotopic (exact) mass is 226 g/mol. The molecule has 0 unspecified atom stereocenters. The van der Waals surface area contributed by atoms with Gasteiger partial charge in [0.1, 0.15) is 5.52 Å². The van der Waals surface area contributed by atoms with Crippen LogP contribution < -0.4 is 5.73 Å². The van der Waals surface area contributed by atoms with Crippen molar-refractivity contribution >= 4 is 17.0 Å². The van der Waals surface area contributed by atoms with E-state index < -0.39 is 0 Å². The van der Waals surface area contributed by atoms with Gasteiger partial charge in [0.25, 0.3) is 0 Å². The Labute approximate surface area is 97.3 Å². The molecule has 0 saturated carbocycles. The molecule has 0 radical (unpaired) electrons. The van der Waals surface area contributed by atoms with Crippen molar-refractivity contribution in [1.82, 2.24) is 15.0 Å². The predicted octanol–water partition coefficient (Wildman–Crippen LogP) is 2.18. The first-order valence-corrected chi connectivity index (χ1v) is 5.17. The van der Waals surface area contributed by atoms with Gasteiger partial charge < -0.3 is 10.2 Å². The van der Waals surface area contributed by atoms with Gasteiger partial charge in [0, 0.05) is 11.3 Å². The lowest BCUT2D eigenvalue weighted by molar-refractivity contribution is 0.602. The Hall–Kier alpha value is -2.43. The molecule has 0 fully saturated rings. The van der Waals surface area contributed by atoms with Gasteiger partial charge in [-0.3, -0.25) is 0 Å². The molecule has 17 heavy (non-hydrogen) atoms. The van der Waals surface area contributed by atoms with E-state index in [4.69, 9.17) is 10.2 Å². The summed E-state index contributed by atoms with van der Waals surface area (Å²) in [6, 6.07) is 7.60. The molecule has 3 rings (SSSR count). The van der Waals surface area contributed by atoms with Crippen molar-refractivity contribution in [3.05, 3.63) is 36.4 Å². The average molecular weight is 226 g/mol. The van der Waals surface area contributed by atoms with Crippen molar-refractivity contribution in [1.29, 1.82) is 0 Å². The van der Waals surface area contributed by atoms with E-state index in [9.17, 15) is 0 Å². The van der Waals surface area contributed by atoms with Crippen LogP contribution >= 0.6 is 0 Å². The van der Waals surface area contributed by atoms with Crippen LogP contribution in [0.4, 0.5) is 5.95 Å². The van der Waals surface area contributed by atoms with Crippen molar-refractivity contribution in [2.24, 2.45) is 0 Å². The number of fused-ring (bicyclic) bond motifs is 1. The summed E-state index contributed by atoms with van der Waals surface area (Å²) in [7, 11) is 0. The van der Waals surface area contributed by atoms with Crippen LogP contribution in [0.3, 0.4) is 0 Å². The maximum absolute atomic E-state index is 5.63. The lowest BCUT2D eigenvalue weighted by Gasteiger charge is -2.02. The number of oxazole rings is 1. The molecule has 5 heteroatoms.